The summed E-state index contributed by atoms with van der Waals surface area (Å²) in [6, 6.07) is 8.33. The van der Waals surface area contributed by atoms with Crippen LogP contribution >= 0.6 is 11.6 Å². The first-order chi connectivity index (χ1) is 8.41. The van der Waals surface area contributed by atoms with E-state index in [0.717, 1.165) is 17.0 Å². The van der Waals surface area contributed by atoms with E-state index >= 15 is 0 Å². The average Bonchev–Trinajstić information content (AvgIpc) is 2.69. The molecule has 0 aliphatic rings. The lowest BCUT2D eigenvalue weighted by atomic mass is 9.87. The number of halogens is 1. The molecule has 0 N–H and O–H groups in total. The van der Waals surface area contributed by atoms with Crippen molar-refractivity contribution in [2.24, 2.45) is 0 Å². The second-order valence-electron chi connectivity index (χ2n) is 5.49. The lowest BCUT2D eigenvalue weighted by molar-refractivity contribution is 0.535. The Labute approximate surface area is 113 Å². The molecule has 3 heteroatoms. The van der Waals surface area contributed by atoms with Gasteiger partial charge in [0.05, 0.1) is 11.6 Å². The molecule has 1 aromatic carbocycles. The van der Waals surface area contributed by atoms with E-state index in [2.05, 4.69) is 37.9 Å². The van der Waals surface area contributed by atoms with Gasteiger partial charge in [-0.1, -0.05) is 32.9 Å². The maximum absolute atomic E-state index is 5.78. The summed E-state index contributed by atoms with van der Waals surface area (Å²) in [5.41, 5.74) is 3.31. The van der Waals surface area contributed by atoms with Crippen molar-refractivity contribution >= 4 is 11.6 Å². The number of aromatic nitrogens is 1. The molecule has 96 valence electrons. The van der Waals surface area contributed by atoms with Crippen LogP contribution in [0.5, 0.6) is 0 Å². The van der Waals surface area contributed by atoms with Gasteiger partial charge < -0.3 is 4.42 Å². The number of nitrogens with zero attached hydrogens (tertiary/aromatic N) is 1. The molecule has 0 amide bonds. The summed E-state index contributed by atoms with van der Waals surface area (Å²) in [6.07, 6.45) is 0. The van der Waals surface area contributed by atoms with Crippen molar-refractivity contribution in [1.82, 2.24) is 4.98 Å². The van der Waals surface area contributed by atoms with Crippen LogP contribution in [0, 0.1) is 6.92 Å². The SMILES string of the molecule is Cc1nc(-c2ccc(C(C)(C)C)cc2)oc1CCl. The van der Waals surface area contributed by atoms with Crippen LogP contribution in [0.4, 0.5) is 0 Å². The highest BCUT2D eigenvalue weighted by Gasteiger charge is 2.15. The van der Waals surface area contributed by atoms with E-state index in [9.17, 15) is 0 Å². The van der Waals surface area contributed by atoms with Crippen LogP contribution < -0.4 is 0 Å². The van der Waals surface area contributed by atoms with Gasteiger partial charge >= 0.3 is 0 Å². The van der Waals surface area contributed by atoms with Crippen LogP contribution in [0.3, 0.4) is 0 Å². The van der Waals surface area contributed by atoms with Gasteiger partial charge in [-0.25, -0.2) is 4.98 Å². The van der Waals surface area contributed by atoms with E-state index in [1.165, 1.54) is 5.56 Å². The number of rotatable bonds is 2. The first-order valence-electron chi connectivity index (χ1n) is 6.05. The highest BCUT2D eigenvalue weighted by molar-refractivity contribution is 6.16. The minimum absolute atomic E-state index is 0.159. The van der Waals surface area contributed by atoms with Gasteiger partial charge in [-0.15, -0.1) is 11.6 Å². The van der Waals surface area contributed by atoms with Crippen molar-refractivity contribution in [2.45, 2.75) is 39.0 Å². The molecule has 0 saturated carbocycles. The number of oxazole rings is 1. The molecule has 2 rings (SSSR count). The fraction of sp³-hybridized carbons (Fsp3) is 0.400. The zero-order chi connectivity index (χ0) is 13.3. The fourth-order valence-corrected chi connectivity index (χ4v) is 2.04. The minimum atomic E-state index is 0.159. The molecule has 1 aromatic heterocycles. The standard InChI is InChI=1S/C15H18ClNO/c1-10-13(9-16)18-14(17-10)11-5-7-12(8-6-11)15(2,3)4/h5-8H,9H2,1-4H3. The van der Waals surface area contributed by atoms with Crippen molar-refractivity contribution in [3.63, 3.8) is 0 Å². The number of benzene rings is 1. The first-order valence-corrected chi connectivity index (χ1v) is 6.58. The van der Waals surface area contributed by atoms with Crippen molar-refractivity contribution in [3.8, 4) is 11.5 Å². The Morgan fingerprint density at radius 3 is 2.22 bits per heavy atom. The minimum Gasteiger partial charge on any atom is -0.440 e. The van der Waals surface area contributed by atoms with E-state index in [1.807, 2.05) is 19.1 Å². The third-order valence-electron chi connectivity index (χ3n) is 3.01. The van der Waals surface area contributed by atoms with E-state index in [-0.39, 0.29) is 5.41 Å². The summed E-state index contributed by atoms with van der Waals surface area (Å²) in [6.45, 7) is 8.50. The van der Waals surface area contributed by atoms with Crippen LogP contribution in [0.25, 0.3) is 11.5 Å². The number of alkyl halides is 1. The monoisotopic (exact) mass is 263 g/mol. The van der Waals surface area contributed by atoms with Gasteiger partial charge in [0.2, 0.25) is 5.89 Å². The van der Waals surface area contributed by atoms with E-state index in [4.69, 9.17) is 16.0 Å². The van der Waals surface area contributed by atoms with Gasteiger partial charge in [-0.2, -0.15) is 0 Å². The van der Waals surface area contributed by atoms with Crippen molar-refractivity contribution in [3.05, 3.63) is 41.3 Å². The lowest BCUT2D eigenvalue weighted by Crippen LogP contribution is -2.10. The Bertz CT molecular complexity index is 535. The molecule has 0 spiro atoms. The molecule has 0 saturated heterocycles. The summed E-state index contributed by atoms with van der Waals surface area (Å²) >= 11 is 5.78. The summed E-state index contributed by atoms with van der Waals surface area (Å²) in [4.78, 5) is 4.39. The predicted octanol–water partition coefficient (Wildman–Crippen LogP) is 4.69. The molecule has 0 atom stereocenters. The zero-order valence-corrected chi connectivity index (χ0v) is 12.0. The van der Waals surface area contributed by atoms with Gasteiger partial charge in [0.25, 0.3) is 0 Å². The normalized spacial score (nSPS) is 11.8. The van der Waals surface area contributed by atoms with E-state index in [1.54, 1.807) is 0 Å². The molecular formula is C15H18ClNO. The van der Waals surface area contributed by atoms with Crippen LogP contribution in [0.1, 0.15) is 37.8 Å². The lowest BCUT2D eigenvalue weighted by Gasteiger charge is -2.18. The molecule has 0 radical (unpaired) electrons. The van der Waals surface area contributed by atoms with Crippen LogP contribution in [0.2, 0.25) is 0 Å². The second kappa shape index (κ2) is 4.77. The van der Waals surface area contributed by atoms with E-state index in [0.29, 0.717) is 11.8 Å². The third kappa shape index (κ3) is 2.59. The summed E-state index contributed by atoms with van der Waals surface area (Å²) in [5, 5.41) is 0. The zero-order valence-electron chi connectivity index (χ0n) is 11.2. The number of hydrogen-bond donors (Lipinski definition) is 0. The van der Waals surface area contributed by atoms with Crippen molar-refractivity contribution < 1.29 is 4.42 Å². The highest BCUT2D eigenvalue weighted by atomic mass is 35.5. The molecule has 2 nitrogen and oxygen atoms in total. The van der Waals surface area contributed by atoms with Gasteiger partial charge in [-0.3, -0.25) is 0 Å². The highest BCUT2D eigenvalue weighted by Crippen LogP contribution is 2.27. The molecule has 2 aromatic rings. The van der Waals surface area contributed by atoms with Gasteiger partial charge in [-0.05, 0) is 30.0 Å². The molecule has 1 heterocycles. The molecule has 0 unspecified atom stereocenters. The van der Waals surface area contributed by atoms with E-state index < -0.39 is 0 Å². The predicted molar refractivity (Wildman–Crippen MR) is 74.9 cm³/mol. The largest absolute Gasteiger partial charge is 0.440 e. The van der Waals surface area contributed by atoms with Crippen LogP contribution in [0.15, 0.2) is 28.7 Å². The summed E-state index contributed by atoms with van der Waals surface area (Å²) in [5.74, 6) is 1.74. The van der Waals surface area contributed by atoms with Crippen molar-refractivity contribution in [1.29, 1.82) is 0 Å². The van der Waals surface area contributed by atoms with Gasteiger partial charge in [0.1, 0.15) is 5.76 Å². The van der Waals surface area contributed by atoms with Crippen molar-refractivity contribution in [2.75, 3.05) is 0 Å². The molecule has 0 fully saturated rings. The maximum atomic E-state index is 5.78. The molecule has 0 aliphatic carbocycles. The Morgan fingerprint density at radius 2 is 1.78 bits per heavy atom. The first kappa shape index (κ1) is 13.2. The van der Waals surface area contributed by atoms with Crippen LogP contribution in [-0.4, -0.2) is 4.98 Å². The molecular weight excluding hydrogens is 246 g/mol. The maximum Gasteiger partial charge on any atom is 0.226 e. The second-order valence-corrected chi connectivity index (χ2v) is 5.76. The fourth-order valence-electron chi connectivity index (χ4n) is 1.79. The Hall–Kier alpha value is -1.28. The Kier molecular flexibility index (Phi) is 3.49. The Balaban J connectivity index is 2.34. The van der Waals surface area contributed by atoms with Gasteiger partial charge in [0, 0.05) is 5.56 Å². The topological polar surface area (TPSA) is 26.0 Å². The molecule has 0 aliphatic heterocycles. The quantitative estimate of drug-likeness (QED) is 0.735. The molecule has 18 heavy (non-hydrogen) atoms. The number of hydrogen-bond acceptors (Lipinski definition) is 2. The summed E-state index contributed by atoms with van der Waals surface area (Å²) < 4.78 is 5.63. The summed E-state index contributed by atoms with van der Waals surface area (Å²) in [7, 11) is 0. The Morgan fingerprint density at radius 1 is 1.17 bits per heavy atom. The third-order valence-corrected chi connectivity index (χ3v) is 3.25. The van der Waals surface area contributed by atoms with Crippen LogP contribution in [-0.2, 0) is 11.3 Å². The molecule has 0 bridgehead atoms. The van der Waals surface area contributed by atoms with Gasteiger partial charge in [0.15, 0.2) is 0 Å². The number of aryl methyl sites for hydroxylation is 1. The average molecular weight is 264 g/mol. The smallest absolute Gasteiger partial charge is 0.226 e.